The number of methoxy groups -OCH3 is 1. The van der Waals surface area contributed by atoms with E-state index in [1.807, 2.05) is 6.08 Å². The molecule has 2 heteroatoms. The fourth-order valence-corrected chi connectivity index (χ4v) is 0.570. The molecular weight excluding hydrogens is 128 g/mol. The van der Waals surface area contributed by atoms with E-state index in [2.05, 4.69) is 11.7 Å². The molecule has 0 saturated carbocycles. The van der Waals surface area contributed by atoms with E-state index in [0.717, 1.165) is 19.3 Å². The predicted octanol–water partition coefficient (Wildman–Crippen LogP) is 1.91. The van der Waals surface area contributed by atoms with Crippen molar-refractivity contribution >= 4 is 5.97 Å². The molecule has 0 rings (SSSR count). The lowest BCUT2D eigenvalue weighted by Gasteiger charge is -1.89. The van der Waals surface area contributed by atoms with Gasteiger partial charge in [0.2, 0.25) is 0 Å². The largest absolute Gasteiger partial charge is 0.466 e. The van der Waals surface area contributed by atoms with Crippen LogP contribution >= 0.6 is 0 Å². The monoisotopic (exact) mass is 142 g/mol. The molecule has 0 aromatic carbocycles. The molecule has 0 N–H and O–H groups in total. The van der Waals surface area contributed by atoms with Crippen molar-refractivity contribution in [2.45, 2.75) is 26.2 Å². The molecule has 0 heterocycles. The third-order valence-electron chi connectivity index (χ3n) is 1.18. The first-order chi connectivity index (χ1) is 4.81. The number of hydrogen-bond donors (Lipinski definition) is 0. The van der Waals surface area contributed by atoms with Gasteiger partial charge in [0.1, 0.15) is 0 Å². The van der Waals surface area contributed by atoms with Gasteiger partial charge < -0.3 is 4.74 Å². The second-order valence-electron chi connectivity index (χ2n) is 2.07. The minimum Gasteiger partial charge on any atom is -0.466 e. The van der Waals surface area contributed by atoms with Crippen molar-refractivity contribution in [1.82, 2.24) is 0 Å². The van der Waals surface area contributed by atoms with Gasteiger partial charge in [0.25, 0.3) is 0 Å². The number of ether oxygens (including phenoxy) is 1. The lowest BCUT2D eigenvalue weighted by atomic mass is 10.2. The molecule has 0 atom stereocenters. The van der Waals surface area contributed by atoms with Crippen LogP contribution in [0.4, 0.5) is 0 Å². The Kier molecular flexibility index (Phi) is 5.83. The second kappa shape index (κ2) is 6.33. The maximum absolute atomic E-state index is 10.5. The maximum atomic E-state index is 10.5. The van der Waals surface area contributed by atoms with Crippen LogP contribution in [-0.2, 0) is 9.53 Å². The zero-order valence-electron chi connectivity index (χ0n) is 6.59. The van der Waals surface area contributed by atoms with Crippen LogP contribution in [0.1, 0.15) is 26.2 Å². The molecule has 10 heavy (non-hydrogen) atoms. The minimum atomic E-state index is -0.267. The number of unbranched alkanes of at least 4 members (excludes halogenated alkanes) is 2. The highest BCUT2D eigenvalue weighted by molar-refractivity contribution is 5.81. The van der Waals surface area contributed by atoms with Gasteiger partial charge >= 0.3 is 5.97 Å². The summed E-state index contributed by atoms with van der Waals surface area (Å²) < 4.78 is 4.40. The highest BCUT2D eigenvalue weighted by Crippen LogP contribution is 1.94. The Labute approximate surface area is 61.9 Å². The average Bonchev–Trinajstić information content (AvgIpc) is 1.98. The fourth-order valence-electron chi connectivity index (χ4n) is 0.570. The van der Waals surface area contributed by atoms with Crippen LogP contribution in [-0.4, -0.2) is 13.1 Å². The third-order valence-corrected chi connectivity index (χ3v) is 1.18. The lowest BCUT2D eigenvalue weighted by molar-refractivity contribution is -0.134. The summed E-state index contributed by atoms with van der Waals surface area (Å²) in [6.45, 7) is 2.12. The van der Waals surface area contributed by atoms with Crippen molar-refractivity contribution in [3.05, 3.63) is 12.2 Å². The van der Waals surface area contributed by atoms with Crippen molar-refractivity contribution in [3.63, 3.8) is 0 Å². The summed E-state index contributed by atoms with van der Waals surface area (Å²) in [6, 6.07) is 0. The molecule has 2 nitrogen and oxygen atoms in total. The van der Waals surface area contributed by atoms with Crippen LogP contribution in [0, 0.1) is 0 Å². The minimum absolute atomic E-state index is 0.267. The molecule has 0 fully saturated rings. The fraction of sp³-hybridized carbons (Fsp3) is 0.625. The van der Waals surface area contributed by atoms with E-state index in [1.165, 1.54) is 13.2 Å². The first-order valence-electron chi connectivity index (χ1n) is 3.55. The Morgan fingerprint density at radius 1 is 1.60 bits per heavy atom. The van der Waals surface area contributed by atoms with Crippen LogP contribution in [0.25, 0.3) is 0 Å². The molecular formula is C8H14O2. The molecule has 0 unspecified atom stereocenters. The lowest BCUT2D eigenvalue weighted by Crippen LogP contribution is -1.93. The molecule has 0 aromatic heterocycles. The first kappa shape index (κ1) is 9.21. The van der Waals surface area contributed by atoms with Gasteiger partial charge in [-0.2, -0.15) is 0 Å². The van der Waals surface area contributed by atoms with Crippen molar-refractivity contribution in [3.8, 4) is 0 Å². The van der Waals surface area contributed by atoms with E-state index in [9.17, 15) is 4.79 Å². The van der Waals surface area contributed by atoms with Crippen LogP contribution in [0.5, 0.6) is 0 Å². The Morgan fingerprint density at radius 2 is 2.30 bits per heavy atom. The van der Waals surface area contributed by atoms with Gasteiger partial charge in [0.05, 0.1) is 7.11 Å². The number of hydrogen-bond acceptors (Lipinski definition) is 2. The average molecular weight is 142 g/mol. The standard InChI is InChI=1S/C8H14O2/c1-3-4-5-6-7-8(9)10-2/h6-7H,3-5H2,1-2H3/b7-6+. The molecule has 0 saturated heterocycles. The number of carbonyl (C=O) groups excluding carboxylic acids is 1. The normalized spacial score (nSPS) is 10.2. The predicted molar refractivity (Wildman–Crippen MR) is 40.7 cm³/mol. The molecule has 0 aromatic rings. The summed E-state index contributed by atoms with van der Waals surface area (Å²) in [5.41, 5.74) is 0. The number of esters is 1. The molecule has 0 bridgehead atoms. The summed E-state index contributed by atoms with van der Waals surface area (Å²) in [4.78, 5) is 10.5. The van der Waals surface area contributed by atoms with Gasteiger partial charge in [-0.1, -0.05) is 25.8 Å². The van der Waals surface area contributed by atoms with Crippen molar-refractivity contribution in [1.29, 1.82) is 0 Å². The zero-order chi connectivity index (χ0) is 7.82. The van der Waals surface area contributed by atoms with E-state index in [1.54, 1.807) is 0 Å². The van der Waals surface area contributed by atoms with Crippen LogP contribution < -0.4 is 0 Å². The van der Waals surface area contributed by atoms with E-state index in [0.29, 0.717) is 0 Å². The molecule has 0 radical (unpaired) electrons. The molecule has 0 aliphatic carbocycles. The van der Waals surface area contributed by atoms with E-state index >= 15 is 0 Å². The quantitative estimate of drug-likeness (QED) is 0.340. The Balaban J connectivity index is 3.27. The SMILES string of the molecule is CCCC/C=C/C(=O)OC. The van der Waals surface area contributed by atoms with Gasteiger partial charge in [-0.15, -0.1) is 0 Å². The summed E-state index contributed by atoms with van der Waals surface area (Å²) in [5, 5.41) is 0. The summed E-state index contributed by atoms with van der Waals surface area (Å²) in [6.07, 6.45) is 6.57. The smallest absolute Gasteiger partial charge is 0.330 e. The zero-order valence-corrected chi connectivity index (χ0v) is 6.59. The van der Waals surface area contributed by atoms with Crippen molar-refractivity contribution < 1.29 is 9.53 Å². The first-order valence-corrected chi connectivity index (χ1v) is 3.55. The Hall–Kier alpha value is -0.790. The summed E-state index contributed by atoms with van der Waals surface area (Å²) >= 11 is 0. The van der Waals surface area contributed by atoms with Crippen LogP contribution in [0.2, 0.25) is 0 Å². The van der Waals surface area contributed by atoms with Crippen molar-refractivity contribution in [2.24, 2.45) is 0 Å². The van der Waals surface area contributed by atoms with Gasteiger partial charge in [-0.3, -0.25) is 0 Å². The van der Waals surface area contributed by atoms with Gasteiger partial charge in [0.15, 0.2) is 0 Å². The highest BCUT2D eigenvalue weighted by atomic mass is 16.5. The van der Waals surface area contributed by atoms with Crippen molar-refractivity contribution in [2.75, 3.05) is 7.11 Å². The molecule has 0 amide bonds. The van der Waals surface area contributed by atoms with Crippen LogP contribution in [0.3, 0.4) is 0 Å². The van der Waals surface area contributed by atoms with E-state index < -0.39 is 0 Å². The molecule has 0 aliphatic heterocycles. The van der Waals surface area contributed by atoms with Gasteiger partial charge in [0, 0.05) is 6.08 Å². The topological polar surface area (TPSA) is 26.3 Å². The molecule has 0 aliphatic rings. The molecule has 58 valence electrons. The van der Waals surface area contributed by atoms with Gasteiger partial charge in [-0.05, 0) is 6.42 Å². The third kappa shape index (κ3) is 5.35. The van der Waals surface area contributed by atoms with E-state index in [4.69, 9.17) is 0 Å². The number of rotatable bonds is 4. The Morgan fingerprint density at radius 3 is 2.80 bits per heavy atom. The summed E-state index contributed by atoms with van der Waals surface area (Å²) in [7, 11) is 1.38. The van der Waals surface area contributed by atoms with Crippen LogP contribution in [0.15, 0.2) is 12.2 Å². The molecule has 0 spiro atoms. The number of allylic oxidation sites excluding steroid dienone is 1. The maximum Gasteiger partial charge on any atom is 0.330 e. The van der Waals surface area contributed by atoms with E-state index in [-0.39, 0.29) is 5.97 Å². The van der Waals surface area contributed by atoms with Gasteiger partial charge in [-0.25, -0.2) is 4.79 Å². The highest BCUT2D eigenvalue weighted by Gasteiger charge is 1.87. The second-order valence-corrected chi connectivity index (χ2v) is 2.07. The summed E-state index contributed by atoms with van der Waals surface area (Å²) in [5.74, 6) is -0.267. The number of carbonyl (C=O) groups is 1. The Bertz CT molecular complexity index is 116.